The van der Waals surface area contributed by atoms with E-state index in [1.165, 1.54) is 0 Å². The number of rotatable bonds is 6. The highest BCUT2D eigenvalue weighted by Gasteiger charge is 2.35. The number of carbonyl (C=O) groups is 3. The fourth-order valence-electron chi connectivity index (χ4n) is 2.82. The second kappa shape index (κ2) is 8.14. The van der Waals surface area contributed by atoms with Crippen LogP contribution in [0.25, 0.3) is 0 Å². The third kappa shape index (κ3) is 4.81. The molecule has 0 saturated carbocycles. The third-order valence-corrected chi connectivity index (χ3v) is 4.25. The van der Waals surface area contributed by atoms with E-state index in [1.807, 2.05) is 27.7 Å². The van der Waals surface area contributed by atoms with E-state index < -0.39 is 0 Å². The predicted molar refractivity (Wildman–Crippen MR) is 97.2 cm³/mol. The summed E-state index contributed by atoms with van der Waals surface area (Å²) in [6.07, 6.45) is 0.214. The first-order valence-electron chi connectivity index (χ1n) is 8.77. The van der Waals surface area contributed by atoms with Crippen LogP contribution in [0.2, 0.25) is 0 Å². The molecular formula is C19H27N3O3. The number of para-hydroxylation sites is 1. The maximum Gasteiger partial charge on any atom is 0.253 e. The van der Waals surface area contributed by atoms with E-state index in [-0.39, 0.29) is 36.1 Å². The molecule has 3 amide bonds. The first kappa shape index (κ1) is 19.0. The quantitative estimate of drug-likeness (QED) is 0.830. The smallest absolute Gasteiger partial charge is 0.253 e. The van der Waals surface area contributed by atoms with Crippen molar-refractivity contribution in [3.05, 3.63) is 29.8 Å². The van der Waals surface area contributed by atoms with Gasteiger partial charge in [0.2, 0.25) is 11.8 Å². The summed E-state index contributed by atoms with van der Waals surface area (Å²) in [6.45, 7) is 8.90. The van der Waals surface area contributed by atoms with Gasteiger partial charge < -0.3 is 15.5 Å². The van der Waals surface area contributed by atoms with E-state index in [0.717, 1.165) is 0 Å². The molecule has 0 unspecified atom stereocenters. The first-order chi connectivity index (χ1) is 11.8. The molecule has 6 nitrogen and oxygen atoms in total. The number of nitrogens with zero attached hydrogens (tertiary/aromatic N) is 1. The van der Waals surface area contributed by atoms with Gasteiger partial charge in [-0.3, -0.25) is 14.4 Å². The van der Waals surface area contributed by atoms with Gasteiger partial charge in [0.15, 0.2) is 0 Å². The molecule has 0 bridgehead atoms. The lowest BCUT2D eigenvalue weighted by molar-refractivity contribution is -0.129. The molecule has 136 valence electrons. The number of benzene rings is 1. The van der Waals surface area contributed by atoms with Gasteiger partial charge in [0.1, 0.15) is 0 Å². The van der Waals surface area contributed by atoms with Crippen LogP contribution in [0.4, 0.5) is 5.69 Å². The fraction of sp³-hybridized carbons (Fsp3) is 0.526. The average Bonchev–Trinajstić information content (AvgIpc) is 2.95. The van der Waals surface area contributed by atoms with E-state index in [9.17, 15) is 14.4 Å². The van der Waals surface area contributed by atoms with Gasteiger partial charge >= 0.3 is 0 Å². The molecule has 1 saturated heterocycles. The summed E-state index contributed by atoms with van der Waals surface area (Å²) < 4.78 is 0. The molecule has 25 heavy (non-hydrogen) atoms. The minimum absolute atomic E-state index is 0.00175. The monoisotopic (exact) mass is 345 g/mol. The number of nitrogens with one attached hydrogen (secondary N) is 2. The maximum absolute atomic E-state index is 12.5. The van der Waals surface area contributed by atoms with Crippen LogP contribution in [0, 0.1) is 11.8 Å². The Morgan fingerprint density at radius 3 is 2.48 bits per heavy atom. The molecule has 1 fully saturated rings. The van der Waals surface area contributed by atoms with E-state index in [1.54, 1.807) is 29.2 Å². The van der Waals surface area contributed by atoms with Crippen LogP contribution in [0.3, 0.4) is 0 Å². The van der Waals surface area contributed by atoms with Crippen molar-refractivity contribution >= 4 is 23.4 Å². The lowest BCUT2D eigenvalue weighted by atomic mass is 10.1. The summed E-state index contributed by atoms with van der Waals surface area (Å²) in [6, 6.07) is 7.01. The Morgan fingerprint density at radius 2 is 1.88 bits per heavy atom. The predicted octanol–water partition coefficient (Wildman–Crippen LogP) is 2.27. The van der Waals surface area contributed by atoms with Crippen molar-refractivity contribution in [2.24, 2.45) is 11.8 Å². The normalized spacial score (nSPS) is 17.3. The van der Waals surface area contributed by atoms with Crippen LogP contribution in [0.15, 0.2) is 24.3 Å². The molecule has 6 heteroatoms. The Kier molecular flexibility index (Phi) is 6.17. The van der Waals surface area contributed by atoms with Crippen LogP contribution in [0.5, 0.6) is 0 Å². The Morgan fingerprint density at radius 1 is 1.20 bits per heavy atom. The van der Waals surface area contributed by atoms with Gasteiger partial charge in [-0.2, -0.15) is 0 Å². The highest BCUT2D eigenvalue weighted by Crippen LogP contribution is 2.23. The highest BCUT2D eigenvalue weighted by atomic mass is 16.2. The molecule has 0 aromatic heterocycles. The molecule has 1 aromatic rings. The van der Waals surface area contributed by atoms with Crippen molar-refractivity contribution in [1.29, 1.82) is 0 Å². The Bertz CT molecular complexity index is 655. The first-order valence-corrected chi connectivity index (χ1v) is 8.77. The fourth-order valence-corrected chi connectivity index (χ4v) is 2.82. The number of hydrogen-bond donors (Lipinski definition) is 2. The molecule has 0 radical (unpaired) electrons. The summed E-state index contributed by atoms with van der Waals surface area (Å²) in [5.74, 6) is -0.478. The van der Waals surface area contributed by atoms with Gasteiger partial charge in [0, 0.05) is 25.6 Å². The number of hydrogen-bond acceptors (Lipinski definition) is 3. The van der Waals surface area contributed by atoms with Gasteiger partial charge in [0.25, 0.3) is 5.91 Å². The summed E-state index contributed by atoms with van der Waals surface area (Å²) in [5, 5.41) is 5.68. The standard InChI is InChI=1S/C19H27N3O3/c1-12(2)10-20-19(25)15-7-5-6-8-16(15)21-18(24)14-9-17(23)22(11-14)13(3)4/h5-8,12-14H,9-11H2,1-4H3,(H,20,25)(H,21,24)/t14-/m1/s1. The highest BCUT2D eigenvalue weighted by molar-refractivity contribution is 6.05. The van der Waals surface area contributed by atoms with Crippen molar-refractivity contribution in [3.8, 4) is 0 Å². The van der Waals surface area contributed by atoms with Crippen LogP contribution in [-0.2, 0) is 9.59 Å². The third-order valence-electron chi connectivity index (χ3n) is 4.25. The molecule has 2 N–H and O–H groups in total. The van der Waals surface area contributed by atoms with Gasteiger partial charge in [-0.05, 0) is 31.9 Å². The van der Waals surface area contributed by atoms with Gasteiger partial charge in [-0.15, -0.1) is 0 Å². The van der Waals surface area contributed by atoms with E-state index in [4.69, 9.17) is 0 Å². The Labute approximate surface area is 149 Å². The topological polar surface area (TPSA) is 78.5 Å². The Hall–Kier alpha value is -2.37. The van der Waals surface area contributed by atoms with E-state index in [2.05, 4.69) is 10.6 Å². The summed E-state index contributed by atoms with van der Waals surface area (Å²) >= 11 is 0. The van der Waals surface area contributed by atoms with Gasteiger partial charge in [-0.1, -0.05) is 26.0 Å². The molecule has 1 heterocycles. The van der Waals surface area contributed by atoms with Crippen LogP contribution < -0.4 is 10.6 Å². The molecule has 1 aromatic carbocycles. The maximum atomic E-state index is 12.5. The Balaban J connectivity index is 2.06. The lowest BCUT2D eigenvalue weighted by Crippen LogP contribution is -2.34. The minimum Gasteiger partial charge on any atom is -0.352 e. The molecule has 1 aliphatic heterocycles. The van der Waals surface area contributed by atoms with Crippen molar-refractivity contribution in [2.75, 3.05) is 18.4 Å². The molecular weight excluding hydrogens is 318 g/mol. The zero-order chi connectivity index (χ0) is 18.6. The van der Waals surface area contributed by atoms with Gasteiger partial charge in [0.05, 0.1) is 17.2 Å². The SMILES string of the molecule is CC(C)CNC(=O)c1ccccc1NC(=O)[C@@H]1CC(=O)N(C(C)C)C1. The zero-order valence-electron chi connectivity index (χ0n) is 15.3. The zero-order valence-corrected chi connectivity index (χ0v) is 15.3. The van der Waals surface area contributed by atoms with Gasteiger partial charge in [-0.25, -0.2) is 0 Å². The van der Waals surface area contributed by atoms with Crippen LogP contribution in [-0.4, -0.2) is 41.8 Å². The van der Waals surface area contributed by atoms with Crippen molar-refractivity contribution < 1.29 is 14.4 Å². The number of likely N-dealkylation sites (tertiary alicyclic amines) is 1. The summed E-state index contributed by atoms with van der Waals surface area (Å²) in [7, 11) is 0. The average molecular weight is 345 g/mol. The number of amides is 3. The summed E-state index contributed by atoms with van der Waals surface area (Å²) in [5.41, 5.74) is 0.908. The van der Waals surface area contributed by atoms with E-state index >= 15 is 0 Å². The van der Waals surface area contributed by atoms with Crippen LogP contribution in [0.1, 0.15) is 44.5 Å². The van der Waals surface area contributed by atoms with Crippen LogP contribution >= 0.6 is 0 Å². The lowest BCUT2D eigenvalue weighted by Gasteiger charge is -2.21. The molecule has 0 aliphatic carbocycles. The molecule has 2 rings (SSSR count). The largest absolute Gasteiger partial charge is 0.352 e. The molecule has 1 aliphatic rings. The van der Waals surface area contributed by atoms with Crippen molar-refractivity contribution in [1.82, 2.24) is 10.2 Å². The molecule has 0 spiro atoms. The second-order valence-electron chi connectivity index (χ2n) is 7.18. The molecule has 1 atom stereocenters. The second-order valence-corrected chi connectivity index (χ2v) is 7.18. The summed E-state index contributed by atoms with van der Waals surface area (Å²) in [4.78, 5) is 38.6. The minimum atomic E-state index is -0.387. The van der Waals surface area contributed by atoms with E-state index in [0.29, 0.717) is 30.3 Å². The van der Waals surface area contributed by atoms with Crippen molar-refractivity contribution in [2.45, 2.75) is 40.2 Å². The number of carbonyl (C=O) groups excluding carboxylic acids is 3. The van der Waals surface area contributed by atoms with Crippen molar-refractivity contribution in [3.63, 3.8) is 0 Å². The number of anilines is 1.